The molecule has 1 amide bonds. The highest BCUT2D eigenvalue weighted by molar-refractivity contribution is 5.94. The van der Waals surface area contributed by atoms with Gasteiger partial charge in [0.25, 0.3) is 0 Å². The minimum Gasteiger partial charge on any atom is -0.454 e. The van der Waals surface area contributed by atoms with Crippen molar-refractivity contribution in [2.45, 2.75) is 13.0 Å². The topological polar surface area (TPSA) is 54.0 Å². The highest BCUT2D eigenvalue weighted by Gasteiger charge is 2.26. The van der Waals surface area contributed by atoms with Crippen molar-refractivity contribution in [3.63, 3.8) is 0 Å². The van der Waals surface area contributed by atoms with E-state index in [1.165, 1.54) is 5.69 Å². The Bertz CT molecular complexity index is 773. The molecular formula is C20H23N3O3. The largest absolute Gasteiger partial charge is 0.454 e. The molecule has 26 heavy (non-hydrogen) atoms. The standard InChI is InChI=1S/C20H23N3O3/c1-15(20(24)21-16-7-8-18-19(13-16)26-14-25-18)22-9-11-23(12-10-22)17-5-3-2-4-6-17/h2-8,13,15H,9-12,14H2,1H3,(H,21,24)/t15-/m1/s1. The number of benzene rings is 2. The second-order valence-electron chi connectivity index (χ2n) is 6.59. The molecule has 6 nitrogen and oxygen atoms in total. The zero-order valence-corrected chi connectivity index (χ0v) is 14.9. The Labute approximate surface area is 153 Å². The number of nitrogens with one attached hydrogen (secondary N) is 1. The van der Waals surface area contributed by atoms with Gasteiger partial charge < -0.3 is 19.7 Å². The van der Waals surface area contributed by atoms with Crippen molar-refractivity contribution in [1.82, 2.24) is 4.90 Å². The predicted molar refractivity (Wildman–Crippen MR) is 101 cm³/mol. The summed E-state index contributed by atoms with van der Waals surface area (Å²) in [6.45, 7) is 5.77. The van der Waals surface area contributed by atoms with Gasteiger partial charge in [0.2, 0.25) is 12.7 Å². The molecule has 1 fully saturated rings. The van der Waals surface area contributed by atoms with E-state index in [4.69, 9.17) is 9.47 Å². The van der Waals surface area contributed by atoms with E-state index in [9.17, 15) is 4.79 Å². The van der Waals surface area contributed by atoms with Crippen LogP contribution in [0.4, 0.5) is 11.4 Å². The van der Waals surface area contributed by atoms with Crippen molar-refractivity contribution < 1.29 is 14.3 Å². The molecule has 2 aliphatic heterocycles. The summed E-state index contributed by atoms with van der Waals surface area (Å²) in [4.78, 5) is 17.2. The number of carbonyl (C=O) groups is 1. The van der Waals surface area contributed by atoms with E-state index in [0.29, 0.717) is 11.5 Å². The molecule has 1 atom stereocenters. The summed E-state index contributed by atoms with van der Waals surface area (Å²) >= 11 is 0. The third-order valence-electron chi connectivity index (χ3n) is 5.00. The summed E-state index contributed by atoms with van der Waals surface area (Å²) in [5.74, 6) is 1.39. The van der Waals surface area contributed by atoms with E-state index < -0.39 is 0 Å². The van der Waals surface area contributed by atoms with Crippen LogP contribution in [-0.4, -0.2) is 49.8 Å². The van der Waals surface area contributed by atoms with Crippen LogP contribution in [0.25, 0.3) is 0 Å². The van der Waals surface area contributed by atoms with Crippen LogP contribution >= 0.6 is 0 Å². The van der Waals surface area contributed by atoms with Crippen molar-refractivity contribution in [1.29, 1.82) is 0 Å². The highest BCUT2D eigenvalue weighted by atomic mass is 16.7. The predicted octanol–water partition coefficient (Wildman–Crippen LogP) is 2.56. The first-order chi connectivity index (χ1) is 12.7. The molecule has 1 saturated heterocycles. The number of hydrogen-bond donors (Lipinski definition) is 1. The van der Waals surface area contributed by atoms with E-state index in [-0.39, 0.29) is 18.7 Å². The minimum absolute atomic E-state index is 0.00275. The minimum atomic E-state index is -0.182. The summed E-state index contributed by atoms with van der Waals surface area (Å²) < 4.78 is 10.7. The third kappa shape index (κ3) is 3.46. The van der Waals surface area contributed by atoms with Gasteiger partial charge in [0.15, 0.2) is 11.5 Å². The maximum Gasteiger partial charge on any atom is 0.241 e. The van der Waals surface area contributed by atoms with Gasteiger partial charge in [-0.25, -0.2) is 0 Å². The molecule has 136 valence electrons. The molecule has 2 aromatic rings. The Morgan fingerprint density at radius 2 is 1.73 bits per heavy atom. The van der Waals surface area contributed by atoms with Gasteiger partial charge in [-0.1, -0.05) is 18.2 Å². The van der Waals surface area contributed by atoms with Crippen LogP contribution in [0.3, 0.4) is 0 Å². The molecule has 0 radical (unpaired) electrons. The van der Waals surface area contributed by atoms with Crippen LogP contribution in [0, 0.1) is 0 Å². The number of anilines is 2. The van der Waals surface area contributed by atoms with Gasteiger partial charge in [-0.15, -0.1) is 0 Å². The van der Waals surface area contributed by atoms with Crippen molar-refractivity contribution in [3.05, 3.63) is 48.5 Å². The lowest BCUT2D eigenvalue weighted by molar-refractivity contribution is -0.120. The van der Waals surface area contributed by atoms with Crippen LogP contribution in [0.15, 0.2) is 48.5 Å². The summed E-state index contributed by atoms with van der Waals surface area (Å²) in [5.41, 5.74) is 1.97. The lowest BCUT2D eigenvalue weighted by atomic mass is 10.2. The molecule has 0 spiro atoms. The maximum absolute atomic E-state index is 12.6. The summed E-state index contributed by atoms with van der Waals surface area (Å²) in [6.07, 6.45) is 0. The van der Waals surface area contributed by atoms with Crippen LogP contribution in [0.1, 0.15) is 6.92 Å². The molecule has 0 aromatic heterocycles. The normalized spacial score (nSPS) is 17.8. The highest BCUT2D eigenvalue weighted by Crippen LogP contribution is 2.34. The Morgan fingerprint density at radius 1 is 1.00 bits per heavy atom. The molecule has 2 aromatic carbocycles. The quantitative estimate of drug-likeness (QED) is 0.916. The molecule has 0 aliphatic carbocycles. The van der Waals surface area contributed by atoms with Crippen LogP contribution in [0.5, 0.6) is 11.5 Å². The number of nitrogens with zero attached hydrogens (tertiary/aromatic N) is 2. The number of hydrogen-bond acceptors (Lipinski definition) is 5. The summed E-state index contributed by atoms with van der Waals surface area (Å²) in [5, 5.41) is 2.98. The first-order valence-electron chi connectivity index (χ1n) is 8.95. The molecule has 4 rings (SSSR count). The number of piperazine rings is 1. The van der Waals surface area contributed by atoms with Gasteiger partial charge in [0, 0.05) is 43.6 Å². The molecule has 6 heteroatoms. The van der Waals surface area contributed by atoms with Crippen LogP contribution in [-0.2, 0) is 4.79 Å². The van der Waals surface area contributed by atoms with Crippen LogP contribution in [0.2, 0.25) is 0 Å². The van der Waals surface area contributed by atoms with Gasteiger partial charge >= 0.3 is 0 Å². The van der Waals surface area contributed by atoms with Gasteiger partial charge in [0.1, 0.15) is 0 Å². The number of rotatable bonds is 4. The molecular weight excluding hydrogens is 330 g/mol. The summed E-state index contributed by atoms with van der Waals surface area (Å²) in [7, 11) is 0. The first kappa shape index (κ1) is 16.7. The number of amides is 1. The molecule has 2 aliphatic rings. The van der Waals surface area contributed by atoms with Crippen LogP contribution < -0.4 is 19.7 Å². The zero-order chi connectivity index (χ0) is 17.9. The number of para-hydroxylation sites is 1. The molecule has 0 saturated carbocycles. The van der Waals surface area contributed by atoms with E-state index in [1.54, 1.807) is 6.07 Å². The smallest absolute Gasteiger partial charge is 0.241 e. The molecule has 1 N–H and O–H groups in total. The summed E-state index contributed by atoms with van der Waals surface area (Å²) in [6, 6.07) is 15.7. The van der Waals surface area contributed by atoms with Crippen molar-refractivity contribution in [2.24, 2.45) is 0 Å². The first-order valence-corrected chi connectivity index (χ1v) is 8.95. The van der Waals surface area contributed by atoms with E-state index in [0.717, 1.165) is 31.9 Å². The van der Waals surface area contributed by atoms with Crippen molar-refractivity contribution in [3.8, 4) is 11.5 Å². The number of carbonyl (C=O) groups excluding carboxylic acids is 1. The van der Waals surface area contributed by atoms with Crippen molar-refractivity contribution >= 4 is 17.3 Å². The zero-order valence-electron chi connectivity index (χ0n) is 14.9. The fourth-order valence-corrected chi connectivity index (χ4v) is 3.39. The van der Waals surface area contributed by atoms with E-state index in [1.807, 2.05) is 25.1 Å². The van der Waals surface area contributed by atoms with E-state index in [2.05, 4.69) is 39.4 Å². The average Bonchev–Trinajstić information content (AvgIpc) is 3.16. The van der Waals surface area contributed by atoms with Gasteiger partial charge in [-0.05, 0) is 31.2 Å². The second kappa shape index (κ2) is 7.25. The lowest BCUT2D eigenvalue weighted by Crippen LogP contribution is -2.52. The third-order valence-corrected chi connectivity index (χ3v) is 5.00. The molecule has 0 unspecified atom stereocenters. The molecule has 0 bridgehead atoms. The van der Waals surface area contributed by atoms with Gasteiger partial charge in [-0.3, -0.25) is 9.69 Å². The monoisotopic (exact) mass is 353 g/mol. The fraction of sp³-hybridized carbons (Fsp3) is 0.350. The van der Waals surface area contributed by atoms with Crippen molar-refractivity contribution in [2.75, 3.05) is 43.2 Å². The Morgan fingerprint density at radius 3 is 2.50 bits per heavy atom. The van der Waals surface area contributed by atoms with Gasteiger partial charge in [0.05, 0.1) is 6.04 Å². The second-order valence-corrected chi connectivity index (χ2v) is 6.59. The Hall–Kier alpha value is -2.73. The number of fused-ring (bicyclic) bond motifs is 1. The fourth-order valence-electron chi connectivity index (χ4n) is 3.39. The lowest BCUT2D eigenvalue weighted by Gasteiger charge is -2.38. The van der Waals surface area contributed by atoms with Gasteiger partial charge in [-0.2, -0.15) is 0 Å². The average molecular weight is 353 g/mol. The Balaban J connectivity index is 1.33. The SMILES string of the molecule is C[C@H](C(=O)Nc1ccc2c(c1)OCO2)N1CCN(c2ccccc2)CC1. The molecule has 2 heterocycles. The Kier molecular flexibility index (Phi) is 4.67. The number of ether oxygens (including phenoxy) is 2. The maximum atomic E-state index is 12.6. The van der Waals surface area contributed by atoms with E-state index >= 15 is 0 Å².